The van der Waals surface area contributed by atoms with E-state index in [1.165, 1.54) is 0 Å². The number of aromatic nitrogens is 2. The SMILES string of the molecule is CC(C)Oc1ccc(Nc2ccc(C(=O)NC(C)(C)C)nn2)cc1. The molecule has 2 N–H and O–H groups in total. The van der Waals surface area contributed by atoms with Crippen molar-refractivity contribution in [2.45, 2.75) is 46.3 Å². The fourth-order valence-corrected chi connectivity index (χ4v) is 1.96. The molecule has 2 aromatic rings. The maximum absolute atomic E-state index is 12.0. The molecule has 0 aliphatic carbocycles. The normalized spacial score (nSPS) is 11.2. The van der Waals surface area contributed by atoms with Crippen molar-refractivity contribution < 1.29 is 9.53 Å². The molecule has 2 rings (SSSR count). The first kappa shape index (κ1) is 17.7. The summed E-state index contributed by atoms with van der Waals surface area (Å²) in [6.45, 7) is 9.72. The highest BCUT2D eigenvalue weighted by Gasteiger charge is 2.16. The Hall–Kier alpha value is -2.63. The van der Waals surface area contributed by atoms with Crippen molar-refractivity contribution in [2.75, 3.05) is 5.32 Å². The number of hydrogen-bond acceptors (Lipinski definition) is 5. The van der Waals surface area contributed by atoms with Gasteiger partial charge in [0.25, 0.3) is 5.91 Å². The van der Waals surface area contributed by atoms with Crippen LogP contribution in [0.5, 0.6) is 5.75 Å². The summed E-state index contributed by atoms with van der Waals surface area (Å²) in [4.78, 5) is 12.0. The van der Waals surface area contributed by atoms with Crippen LogP contribution < -0.4 is 15.4 Å². The van der Waals surface area contributed by atoms with Gasteiger partial charge in [-0.25, -0.2) is 0 Å². The third-order valence-corrected chi connectivity index (χ3v) is 2.88. The quantitative estimate of drug-likeness (QED) is 0.878. The van der Waals surface area contributed by atoms with Crippen molar-refractivity contribution in [2.24, 2.45) is 0 Å². The molecular weight excluding hydrogens is 304 g/mol. The van der Waals surface area contributed by atoms with Gasteiger partial charge in [0, 0.05) is 11.2 Å². The van der Waals surface area contributed by atoms with Crippen LogP contribution in [0, 0.1) is 0 Å². The van der Waals surface area contributed by atoms with E-state index in [1.807, 2.05) is 58.9 Å². The lowest BCUT2D eigenvalue weighted by molar-refractivity contribution is 0.0913. The van der Waals surface area contributed by atoms with Gasteiger partial charge >= 0.3 is 0 Å². The molecule has 1 aromatic carbocycles. The minimum atomic E-state index is -0.310. The van der Waals surface area contributed by atoms with Gasteiger partial charge in [0.05, 0.1) is 6.10 Å². The number of rotatable bonds is 5. The summed E-state index contributed by atoms with van der Waals surface area (Å²) in [5.41, 5.74) is 0.846. The molecular formula is C18H24N4O2. The van der Waals surface area contributed by atoms with E-state index in [9.17, 15) is 4.79 Å². The fourth-order valence-electron chi connectivity index (χ4n) is 1.96. The molecule has 1 heterocycles. The summed E-state index contributed by atoms with van der Waals surface area (Å²) in [5, 5.41) is 14.0. The maximum Gasteiger partial charge on any atom is 0.272 e. The van der Waals surface area contributed by atoms with E-state index >= 15 is 0 Å². The molecule has 1 aromatic heterocycles. The maximum atomic E-state index is 12.0. The molecule has 0 radical (unpaired) electrons. The monoisotopic (exact) mass is 328 g/mol. The minimum Gasteiger partial charge on any atom is -0.491 e. The molecule has 0 aliphatic heterocycles. The van der Waals surface area contributed by atoms with E-state index in [2.05, 4.69) is 20.8 Å². The van der Waals surface area contributed by atoms with Crippen LogP contribution in [0.25, 0.3) is 0 Å². The van der Waals surface area contributed by atoms with Crippen LogP contribution in [0.4, 0.5) is 11.5 Å². The summed E-state index contributed by atoms with van der Waals surface area (Å²) in [6, 6.07) is 11.0. The van der Waals surface area contributed by atoms with Gasteiger partial charge in [0.1, 0.15) is 5.75 Å². The van der Waals surface area contributed by atoms with E-state index in [0.29, 0.717) is 5.82 Å². The van der Waals surface area contributed by atoms with Gasteiger partial charge in [-0.2, -0.15) is 0 Å². The van der Waals surface area contributed by atoms with Gasteiger partial charge in [-0.15, -0.1) is 10.2 Å². The second kappa shape index (κ2) is 7.29. The molecule has 0 unspecified atom stereocenters. The number of nitrogens with one attached hydrogen (secondary N) is 2. The third-order valence-electron chi connectivity index (χ3n) is 2.88. The van der Waals surface area contributed by atoms with Crippen LogP contribution in [0.1, 0.15) is 45.1 Å². The van der Waals surface area contributed by atoms with Gasteiger partial charge in [-0.05, 0) is 71.0 Å². The molecule has 0 saturated heterocycles. The number of ether oxygens (including phenoxy) is 1. The van der Waals surface area contributed by atoms with Gasteiger partial charge in [0.15, 0.2) is 11.5 Å². The summed E-state index contributed by atoms with van der Waals surface area (Å²) in [5.74, 6) is 1.15. The van der Waals surface area contributed by atoms with Crippen LogP contribution in [-0.2, 0) is 0 Å². The molecule has 6 heteroatoms. The Morgan fingerprint density at radius 3 is 2.21 bits per heavy atom. The Morgan fingerprint density at radius 1 is 1.04 bits per heavy atom. The molecule has 0 aliphatic rings. The topological polar surface area (TPSA) is 76.1 Å². The predicted molar refractivity (Wildman–Crippen MR) is 94.7 cm³/mol. The minimum absolute atomic E-state index is 0.140. The van der Waals surface area contributed by atoms with E-state index < -0.39 is 0 Å². The number of anilines is 2. The first-order chi connectivity index (χ1) is 11.2. The lowest BCUT2D eigenvalue weighted by atomic mass is 10.1. The largest absolute Gasteiger partial charge is 0.491 e. The van der Waals surface area contributed by atoms with Gasteiger partial charge in [0.2, 0.25) is 0 Å². The van der Waals surface area contributed by atoms with Crippen molar-refractivity contribution >= 4 is 17.4 Å². The van der Waals surface area contributed by atoms with Crippen molar-refractivity contribution in [1.29, 1.82) is 0 Å². The lowest BCUT2D eigenvalue weighted by Gasteiger charge is -2.19. The fraction of sp³-hybridized carbons (Fsp3) is 0.389. The number of hydrogen-bond donors (Lipinski definition) is 2. The van der Waals surface area contributed by atoms with Crippen molar-refractivity contribution in [3.05, 3.63) is 42.1 Å². The number of carbonyl (C=O) groups excluding carboxylic acids is 1. The number of nitrogens with zero attached hydrogens (tertiary/aromatic N) is 2. The first-order valence-corrected chi connectivity index (χ1v) is 7.93. The molecule has 0 spiro atoms. The number of carbonyl (C=O) groups is 1. The van der Waals surface area contributed by atoms with E-state index in [0.717, 1.165) is 11.4 Å². The average Bonchev–Trinajstić information content (AvgIpc) is 2.48. The molecule has 1 amide bonds. The molecule has 6 nitrogen and oxygen atoms in total. The first-order valence-electron chi connectivity index (χ1n) is 7.93. The third kappa shape index (κ3) is 5.53. The van der Waals surface area contributed by atoms with Crippen molar-refractivity contribution in [3.63, 3.8) is 0 Å². The van der Waals surface area contributed by atoms with Crippen LogP contribution in [-0.4, -0.2) is 27.7 Å². The van der Waals surface area contributed by atoms with Crippen LogP contribution in [0.15, 0.2) is 36.4 Å². The summed E-state index contributed by atoms with van der Waals surface area (Å²) >= 11 is 0. The number of benzene rings is 1. The highest BCUT2D eigenvalue weighted by molar-refractivity contribution is 5.92. The Labute approximate surface area is 142 Å². The van der Waals surface area contributed by atoms with Crippen LogP contribution >= 0.6 is 0 Å². The van der Waals surface area contributed by atoms with E-state index in [1.54, 1.807) is 12.1 Å². The zero-order valence-electron chi connectivity index (χ0n) is 14.8. The second-order valence-corrected chi connectivity index (χ2v) is 6.82. The molecule has 0 bridgehead atoms. The van der Waals surface area contributed by atoms with Crippen LogP contribution in [0.3, 0.4) is 0 Å². The van der Waals surface area contributed by atoms with E-state index in [-0.39, 0.29) is 23.2 Å². The summed E-state index contributed by atoms with van der Waals surface area (Å²) in [7, 11) is 0. The Morgan fingerprint density at radius 2 is 1.71 bits per heavy atom. The molecule has 0 saturated carbocycles. The standard InChI is InChI=1S/C18H24N4O2/c1-12(2)24-14-8-6-13(7-9-14)19-16-11-10-15(21-22-16)17(23)20-18(3,4)5/h6-12H,1-5H3,(H,19,22)(H,20,23). The summed E-state index contributed by atoms with van der Waals surface area (Å²) in [6.07, 6.45) is 0.140. The molecule has 24 heavy (non-hydrogen) atoms. The zero-order valence-corrected chi connectivity index (χ0v) is 14.8. The Balaban J connectivity index is 2.00. The Bertz CT molecular complexity index is 674. The lowest BCUT2D eigenvalue weighted by Crippen LogP contribution is -2.41. The second-order valence-electron chi connectivity index (χ2n) is 6.82. The average molecular weight is 328 g/mol. The van der Waals surface area contributed by atoms with Crippen LogP contribution in [0.2, 0.25) is 0 Å². The molecule has 0 fully saturated rings. The predicted octanol–water partition coefficient (Wildman–Crippen LogP) is 3.54. The highest BCUT2D eigenvalue weighted by atomic mass is 16.5. The van der Waals surface area contributed by atoms with Crippen molar-refractivity contribution in [3.8, 4) is 5.75 Å². The van der Waals surface area contributed by atoms with Crippen molar-refractivity contribution in [1.82, 2.24) is 15.5 Å². The molecule has 0 atom stereocenters. The number of amides is 1. The zero-order chi connectivity index (χ0) is 17.7. The summed E-state index contributed by atoms with van der Waals surface area (Å²) < 4.78 is 5.60. The molecule has 128 valence electrons. The Kier molecular flexibility index (Phi) is 5.39. The highest BCUT2D eigenvalue weighted by Crippen LogP contribution is 2.19. The van der Waals surface area contributed by atoms with E-state index in [4.69, 9.17) is 4.74 Å². The smallest absolute Gasteiger partial charge is 0.272 e. The van der Waals surface area contributed by atoms with Gasteiger partial charge in [-0.3, -0.25) is 4.79 Å². The van der Waals surface area contributed by atoms with Gasteiger partial charge < -0.3 is 15.4 Å². The van der Waals surface area contributed by atoms with Gasteiger partial charge in [-0.1, -0.05) is 0 Å².